The Morgan fingerprint density at radius 3 is 2.46 bits per heavy atom. The summed E-state index contributed by atoms with van der Waals surface area (Å²) in [5, 5.41) is -0.0392. The van der Waals surface area contributed by atoms with E-state index in [1.54, 1.807) is 17.0 Å². The molecule has 0 atom stereocenters. The van der Waals surface area contributed by atoms with Gasteiger partial charge >= 0.3 is 6.18 Å². The Balaban J connectivity index is 1.72. The number of pyridine rings is 1. The highest BCUT2D eigenvalue weighted by Gasteiger charge is 2.32. The molecule has 0 saturated carbocycles. The molecule has 0 N–H and O–H groups in total. The zero-order valence-corrected chi connectivity index (χ0v) is 14.6. The van der Waals surface area contributed by atoms with Crippen molar-refractivity contribution < 1.29 is 18.0 Å². The second kappa shape index (κ2) is 7.53. The van der Waals surface area contributed by atoms with Crippen LogP contribution in [0, 0.1) is 0 Å². The van der Waals surface area contributed by atoms with Crippen LogP contribution in [-0.2, 0) is 6.18 Å². The van der Waals surface area contributed by atoms with Gasteiger partial charge in [-0.15, -0.1) is 0 Å². The van der Waals surface area contributed by atoms with E-state index in [-0.39, 0.29) is 10.9 Å². The summed E-state index contributed by atoms with van der Waals surface area (Å²) in [6, 6.07) is 9.88. The fourth-order valence-electron chi connectivity index (χ4n) is 2.91. The summed E-state index contributed by atoms with van der Waals surface area (Å²) in [6.45, 7) is 2.04. The molecule has 4 nitrogen and oxygen atoms in total. The molecule has 1 aliphatic heterocycles. The van der Waals surface area contributed by atoms with Crippen molar-refractivity contribution in [3.05, 3.63) is 58.7 Å². The van der Waals surface area contributed by atoms with Gasteiger partial charge in [-0.2, -0.15) is 13.2 Å². The van der Waals surface area contributed by atoms with Gasteiger partial charge in [0.1, 0.15) is 5.82 Å². The van der Waals surface area contributed by atoms with E-state index < -0.39 is 11.7 Å². The molecule has 2 aromatic rings. The number of alkyl halides is 3. The van der Waals surface area contributed by atoms with Crippen LogP contribution in [0.5, 0.6) is 0 Å². The molecule has 1 aliphatic rings. The molecular formula is C18H17ClF3N3O. The van der Waals surface area contributed by atoms with Gasteiger partial charge in [-0.25, -0.2) is 4.98 Å². The zero-order valence-electron chi connectivity index (χ0n) is 13.8. The highest BCUT2D eigenvalue weighted by Crippen LogP contribution is 2.33. The lowest BCUT2D eigenvalue weighted by molar-refractivity contribution is -0.137. The van der Waals surface area contributed by atoms with Crippen LogP contribution in [0.4, 0.5) is 19.0 Å². The van der Waals surface area contributed by atoms with Crippen molar-refractivity contribution in [2.45, 2.75) is 12.6 Å². The Hall–Kier alpha value is -2.28. The molecule has 0 aliphatic carbocycles. The molecule has 3 rings (SSSR count). The summed E-state index contributed by atoms with van der Waals surface area (Å²) in [7, 11) is 0. The molecule has 1 amide bonds. The van der Waals surface area contributed by atoms with E-state index in [1.807, 2.05) is 23.1 Å². The van der Waals surface area contributed by atoms with Crippen LogP contribution in [0.3, 0.4) is 0 Å². The summed E-state index contributed by atoms with van der Waals surface area (Å²) in [5.41, 5.74) is -0.256. The predicted octanol–water partition coefficient (Wildman–Crippen LogP) is 4.11. The number of rotatable bonds is 2. The van der Waals surface area contributed by atoms with Crippen LogP contribution in [0.15, 0.2) is 42.6 Å². The average Bonchev–Trinajstić information content (AvgIpc) is 2.87. The first kappa shape index (κ1) is 18.5. The van der Waals surface area contributed by atoms with Crippen LogP contribution in [-0.4, -0.2) is 42.0 Å². The molecular weight excluding hydrogens is 367 g/mol. The molecule has 1 fully saturated rings. The van der Waals surface area contributed by atoms with Crippen molar-refractivity contribution in [1.29, 1.82) is 0 Å². The first-order chi connectivity index (χ1) is 12.4. The molecule has 1 aromatic carbocycles. The second-order valence-corrected chi connectivity index (χ2v) is 6.43. The van der Waals surface area contributed by atoms with Gasteiger partial charge in [-0.3, -0.25) is 4.79 Å². The number of hydrogen-bond donors (Lipinski definition) is 0. The lowest BCUT2D eigenvalue weighted by Crippen LogP contribution is -2.35. The van der Waals surface area contributed by atoms with Crippen molar-refractivity contribution in [2.75, 3.05) is 31.1 Å². The third-order valence-electron chi connectivity index (χ3n) is 4.25. The minimum atomic E-state index is -4.48. The van der Waals surface area contributed by atoms with Crippen LogP contribution in [0.25, 0.3) is 0 Å². The number of aromatic nitrogens is 1. The molecule has 1 saturated heterocycles. The molecule has 26 heavy (non-hydrogen) atoms. The fraction of sp³-hybridized carbons (Fsp3) is 0.333. The third-order valence-corrected chi connectivity index (χ3v) is 4.53. The van der Waals surface area contributed by atoms with Crippen LogP contribution in [0.1, 0.15) is 22.3 Å². The number of halogens is 4. The van der Waals surface area contributed by atoms with Crippen molar-refractivity contribution in [1.82, 2.24) is 9.88 Å². The van der Waals surface area contributed by atoms with Crippen LogP contribution >= 0.6 is 11.6 Å². The topological polar surface area (TPSA) is 36.4 Å². The number of hydrogen-bond acceptors (Lipinski definition) is 3. The Labute approximate surface area is 154 Å². The maximum Gasteiger partial charge on any atom is 0.417 e. The molecule has 8 heteroatoms. The number of nitrogens with zero attached hydrogens (tertiary/aromatic N) is 3. The summed E-state index contributed by atoms with van der Waals surface area (Å²) in [5.74, 6) is 0.257. The highest BCUT2D eigenvalue weighted by atomic mass is 35.5. The first-order valence-electron chi connectivity index (χ1n) is 8.18. The maximum absolute atomic E-state index is 12.8. The van der Waals surface area contributed by atoms with Crippen molar-refractivity contribution in [3.8, 4) is 0 Å². The minimum Gasteiger partial charge on any atom is -0.354 e. The van der Waals surface area contributed by atoms with E-state index in [0.29, 0.717) is 44.0 Å². The molecule has 2 heterocycles. The third kappa shape index (κ3) is 4.09. The van der Waals surface area contributed by atoms with Gasteiger partial charge < -0.3 is 9.80 Å². The molecule has 1 aromatic heterocycles. The van der Waals surface area contributed by atoms with Gasteiger partial charge in [0.2, 0.25) is 0 Å². The van der Waals surface area contributed by atoms with Gasteiger partial charge in [0.25, 0.3) is 5.91 Å². The lowest BCUT2D eigenvalue weighted by Gasteiger charge is -2.24. The SMILES string of the molecule is O=C(c1ccccc1)N1CCCN(c2ncc(C(F)(F)F)cc2Cl)CC1. The number of amides is 1. The largest absolute Gasteiger partial charge is 0.417 e. The van der Waals surface area contributed by atoms with Gasteiger partial charge in [0, 0.05) is 37.9 Å². The van der Waals surface area contributed by atoms with E-state index in [9.17, 15) is 18.0 Å². The zero-order chi connectivity index (χ0) is 18.7. The monoisotopic (exact) mass is 383 g/mol. The van der Waals surface area contributed by atoms with E-state index in [0.717, 1.165) is 12.3 Å². The summed E-state index contributed by atoms with van der Waals surface area (Å²) in [4.78, 5) is 20.0. The second-order valence-electron chi connectivity index (χ2n) is 6.03. The van der Waals surface area contributed by atoms with E-state index in [4.69, 9.17) is 11.6 Å². The summed E-state index contributed by atoms with van der Waals surface area (Å²) < 4.78 is 38.3. The quantitative estimate of drug-likeness (QED) is 0.783. The Kier molecular flexibility index (Phi) is 5.36. The van der Waals surface area contributed by atoms with Gasteiger partial charge in [0.15, 0.2) is 0 Å². The normalized spacial score (nSPS) is 15.7. The fourth-order valence-corrected chi connectivity index (χ4v) is 3.20. The van der Waals surface area contributed by atoms with Gasteiger partial charge in [-0.05, 0) is 24.6 Å². The smallest absolute Gasteiger partial charge is 0.354 e. The molecule has 138 valence electrons. The Morgan fingerprint density at radius 2 is 1.81 bits per heavy atom. The number of carbonyl (C=O) groups excluding carboxylic acids is 1. The van der Waals surface area contributed by atoms with Crippen LogP contribution in [0.2, 0.25) is 5.02 Å². The lowest BCUT2D eigenvalue weighted by atomic mass is 10.2. The Bertz CT molecular complexity index is 783. The average molecular weight is 384 g/mol. The molecule has 0 radical (unpaired) electrons. The van der Waals surface area contributed by atoms with Crippen molar-refractivity contribution >= 4 is 23.3 Å². The van der Waals surface area contributed by atoms with Crippen molar-refractivity contribution in [3.63, 3.8) is 0 Å². The summed E-state index contributed by atoms with van der Waals surface area (Å²) >= 11 is 6.03. The van der Waals surface area contributed by atoms with E-state index >= 15 is 0 Å². The van der Waals surface area contributed by atoms with E-state index in [1.165, 1.54) is 0 Å². The molecule has 0 unspecified atom stereocenters. The van der Waals surface area contributed by atoms with Crippen molar-refractivity contribution in [2.24, 2.45) is 0 Å². The minimum absolute atomic E-state index is 0.0392. The van der Waals surface area contributed by atoms with Gasteiger partial charge in [-0.1, -0.05) is 29.8 Å². The Morgan fingerprint density at radius 1 is 1.08 bits per heavy atom. The summed E-state index contributed by atoms with van der Waals surface area (Å²) in [6.07, 6.45) is -3.01. The van der Waals surface area contributed by atoms with Crippen LogP contribution < -0.4 is 4.90 Å². The predicted molar refractivity (Wildman–Crippen MR) is 93.4 cm³/mol. The number of anilines is 1. The highest BCUT2D eigenvalue weighted by molar-refractivity contribution is 6.33. The number of benzene rings is 1. The molecule has 0 bridgehead atoms. The standard InChI is InChI=1S/C18H17ClF3N3O/c19-15-11-14(18(20,21)22)12-23-16(15)24-7-4-8-25(10-9-24)17(26)13-5-2-1-3-6-13/h1-3,5-6,11-12H,4,7-10H2. The van der Waals surface area contributed by atoms with Gasteiger partial charge in [0.05, 0.1) is 10.6 Å². The van der Waals surface area contributed by atoms with E-state index in [2.05, 4.69) is 4.98 Å². The molecule has 0 spiro atoms. The first-order valence-corrected chi connectivity index (χ1v) is 8.56. The number of carbonyl (C=O) groups is 1. The maximum atomic E-state index is 12.8.